The smallest absolute Gasteiger partial charge is 0.264 e. The van der Waals surface area contributed by atoms with Gasteiger partial charge in [-0.1, -0.05) is 54.6 Å². The van der Waals surface area contributed by atoms with Gasteiger partial charge in [0.05, 0.1) is 6.26 Å². The molecule has 0 bridgehead atoms. The molecule has 0 aliphatic heterocycles. The fourth-order valence-corrected chi connectivity index (χ4v) is 4.53. The number of aryl methyl sites for hydroxylation is 1. The first-order chi connectivity index (χ1) is 14.3. The third kappa shape index (κ3) is 4.28. The normalized spacial score (nSPS) is 14.9. The Labute approximate surface area is 175 Å². The van der Waals surface area contributed by atoms with Crippen molar-refractivity contribution in [3.05, 3.63) is 100 Å². The molecular weight excluding hydrogens is 404 g/mol. The van der Waals surface area contributed by atoms with Crippen molar-refractivity contribution in [2.45, 2.75) is 19.3 Å². The molecule has 3 aromatic rings. The zero-order valence-electron chi connectivity index (χ0n) is 16.4. The molecule has 1 aliphatic carbocycles. The van der Waals surface area contributed by atoms with E-state index in [4.69, 9.17) is 0 Å². The van der Waals surface area contributed by atoms with Crippen LogP contribution in [0.25, 0.3) is 11.6 Å². The number of nitrogens with one attached hydrogen (secondary N) is 1. The molecule has 0 amide bonds. The van der Waals surface area contributed by atoms with Gasteiger partial charge in [0.1, 0.15) is 0 Å². The SMILES string of the molecule is CS(=O)(=O)Nc1cccc(/C=C2\c3ccccc3CCc3c2cccc3C(F)F)c1. The number of halogens is 2. The molecule has 3 aromatic carbocycles. The molecule has 0 aromatic heterocycles. The molecule has 1 N–H and O–H groups in total. The first-order valence-corrected chi connectivity index (χ1v) is 11.5. The molecule has 0 atom stereocenters. The zero-order valence-corrected chi connectivity index (χ0v) is 17.2. The Bertz CT molecular complexity index is 1230. The fourth-order valence-electron chi connectivity index (χ4n) is 3.97. The molecule has 30 heavy (non-hydrogen) atoms. The Kier molecular flexibility index (Phi) is 5.43. The Hall–Kier alpha value is -2.99. The molecule has 0 spiro atoms. The highest BCUT2D eigenvalue weighted by molar-refractivity contribution is 7.92. The predicted molar refractivity (Wildman–Crippen MR) is 117 cm³/mol. The first kappa shape index (κ1) is 20.3. The number of alkyl halides is 2. The van der Waals surface area contributed by atoms with Crippen molar-refractivity contribution in [1.29, 1.82) is 0 Å². The summed E-state index contributed by atoms with van der Waals surface area (Å²) in [4.78, 5) is 0. The highest BCUT2D eigenvalue weighted by Gasteiger charge is 2.23. The summed E-state index contributed by atoms with van der Waals surface area (Å²) in [6.07, 6.45) is 1.72. The number of fused-ring (bicyclic) bond motifs is 2. The van der Waals surface area contributed by atoms with Crippen molar-refractivity contribution in [3.8, 4) is 0 Å². The fraction of sp³-hybridized carbons (Fsp3) is 0.167. The van der Waals surface area contributed by atoms with E-state index >= 15 is 0 Å². The second-order valence-corrected chi connectivity index (χ2v) is 9.14. The molecular formula is C24H21F2NO2S. The zero-order chi connectivity index (χ0) is 21.3. The number of rotatable bonds is 4. The van der Waals surface area contributed by atoms with Gasteiger partial charge >= 0.3 is 0 Å². The maximum absolute atomic E-state index is 13.7. The quantitative estimate of drug-likeness (QED) is 0.584. The highest BCUT2D eigenvalue weighted by Crippen LogP contribution is 2.38. The lowest BCUT2D eigenvalue weighted by Gasteiger charge is -2.15. The lowest BCUT2D eigenvalue weighted by atomic mass is 9.90. The number of hydrogen-bond acceptors (Lipinski definition) is 2. The number of hydrogen-bond donors (Lipinski definition) is 1. The van der Waals surface area contributed by atoms with E-state index in [1.54, 1.807) is 24.3 Å². The van der Waals surface area contributed by atoms with Gasteiger partial charge in [-0.2, -0.15) is 0 Å². The second-order valence-electron chi connectivity index (χ2n) is 7.39. The summed E-state index contributed by atoms with van der Waals surface area (Å²) in [5, 5.41) is 0. The number of anilines is 1. The average molecular weight is 426 g/mol. The van der Waals surface area contributed by atoms with Gasteiger partial charge in [-0.15, -0.1) is 0 Å². The number of benzene rings is 3. The third-order valence-corrected chi connectivity index (χ3v) is 5.80. The molecule has 0 saturated carbocycles. The lowest BCUT2D eigenvalue weighted by molar-refractivity contribution is 0.150. The van der Waals surface area contributed by atoms with Crippen LogP contribution in [0.1, 0.15) is 39.8 Å². The molecule has 1 aliphatic rings. The molecule has 0 unspecified atom stereocenters. The minimum absolute atomic E-state index is 0.0682. The van der Waals surface area contributed by atoms with Gasteiger partial charge in [-0.25, -0.2) is 17.2 Å². The minimum Gasteiger partial charge on any atom is -0.284 e. The van der Waals surface area contributed by atoms with Gasteiger partial charge in [0, 0.05) is 11.3 Å². The lowest BCUT2D eigenvalue weighted by Crippen LogP contribution is -2.09. The summed E-state index contributed by atoms with van der Waals surface area (Å²) < 4.78 is 53.0. The van der Waals surface area contributed by atoms with E-state index in [9.17, 15) is 17.2 Å². The van der Waals surface area contributed by atoms with Crippen LogP contribution in [0.2, 0.25) is 0 Å². The van der Waals surface area contributed by atoms with E-state index in [1.807, 2.05) is 42.5 Å². The molecule has 0 radical (unpaired) electrons. The predicted octanol–water partition coefficient (Wildman–Crippen LogP) is 5.68. The largest absolute Gasteiger partial charge is 0.284 e. The van der Waals surface area contributed by atoms with Crippen molar-refractivity contribution in [2.75, 3.05) is 11.0 Å². The molecule has 154 valence electrons. The Morgan fingerprint density at radius 2 is 1.67 bits per heavy atom. The molecule has 0 saturated heterocycles. The van der Waals surface area contributed by atoms with Crippen LogP contribution in [0.4, 0.5) is 14.5 Å². The van der Waals surface area contributed by atoms with Gasteiger partial charge in [0.15, 0.2) is 0 Å². The summed E-state index contributed by atoms with van der Waals surface area (Å²) in [6.45, 7) is 0. The second kappa shape index (κ2) is 8.03. The van der Waals surface area contributed by atoms with Crippen LogP contribution < -0.4 is 4.72 Å². The summed E-state index contributed by atoms with van der Waals surface area (Å²) in [7, 11) is -3.40. The molecule has 3 nitrogen and oxygen atoms in total. The van der Waals surface area contributed by atoms with Crippen LogP contribution in [-0.4, -0.2) is 14.7 Å². The van der Waals surface area contributed by atoms with Gasteiger partial charge < -0.3 is 0 Å². The van der Waals surface area contributed by atoms with Crippen LogP contribution in [0.5, 0.6) is 0 Å². The van der Waals surface area contributed by atoms with Gasteiger partial charge in [-0.05, 0) is 64.4 Å². The van der Waals surface area contributed by atoms with E-state index in [0.29, 0.717) is 24.1 Å². The van der Waals surface area contributed by atoms with Gasteiger partial charge in [0.2, 0.25) is 10.0 Å². The van der Waals surface area contributed by atoms with Crippen molar-refractivity contribution in [3.63, 3.8) is 0 Å². The van der Waals surface area contributed by atoms with Crippen molar-refractivity contribution in [1.82, 2.24) is 0 Å². The topological polar surface area (TPSA) is 46.2 Å². The van der Waals surface area contributed by atoms with E-state index in [2.05, 4.69) is 4.72 Å². The molecule has 6 heteroatoms. The van der Waals surface area contributed by atoms with Crippen LogP contribution in [0.15, 0.2) is 66.7 Å². The van der Waals surface area contributed by atoms with E-state index in [-0.39, 0.29) is 5.56 Å². The van der Waals surface area contributed by atoms with Crippen molar-refractivity contribution in [2.24, 2.45) is 0 Å². The van der Waals surface area contributed by atoms with Crippen LogP contribution in [0.3, 0.4) is 0 Å². The van der Waals surface area contributed by atoms with E-state index in [1.165, 1.54) is 6.07 Å². The molecule has 4 rings (SSSR count). The van der Waals surface area contributed by atoms with Crippen molar-refractivity contribution >= 4 is 27.4 Å². The van der Waals surface area contributed by atoms with Gasteiger partial charge in [0.25, 0.3) is 6.43 Å². The summed E-state index contributed by atoms with van der Waals surface area (Å²) in [5.74, 6) is 0. The van der Waals surface area contributed by atoms with Crippen LogP contribution in [0, 0.1) is 0 Å². The van der Waals surface area contributed by atoms with Crippen molar-refractivity contribution < 1.29 is 17.2 Å². The highest BCUT2D eigenvalue weighted by atomic mass is 32.2. The average Bonchev–Trinajstić information content (AvgIpc) is 2.84. The monoisotopic (exact) mass is 425 g/mol. The Balaban J connectivity index is 1.91. The van der Waals surface area contributed by atoms with E-state index in [0.717, 1.165) is 34.1 Å². The summed E-state index contributed by atoms with van der Waals surface area (Å²) >= 11 is 0. The van der Waals surface area contributed by atoms with Crippen LogP contribution >= 0.6 is 0 Å². The van der Waals surface area contributed by atoms with Crippen LogP contribution in [-0.2, 0) is 22.9 Å². The molecule has 0 heterocycles. The maximum Gasteiger partial charge on any atom is 0.264 e. The first-order valence-electron chi connectivity index (χ1n) is 9.60. The van der Waals surface area contributed by atoms with E-state index < -0.39 is 16.4 Å². The Morgan fingerprint density at radius 3 is 2.43 bits per heavy atom. The third-order valence-electron chi connectivity index (χ3n) is 5.19. The minimum atomic E-state index is -3.40. The maximum atomic E-state index is 13.7. The molecule has 0 fully saturated rings. The summed E-state index contributed by atoms with van der Waals surface area (Å²) in [5.41, 5.74) is 5.73. The standard InChI is InChI=1S/C24H21F2NO2S/c1-30(28,29)27-18-8-4-6-16(14-18)15-23-19-9-3-2-7-17(19)12-13-21-20(23)10-5-11-22(21)24(25)26/h2-11,14-15,24,27H,12-13H2,1H3/b23-15+. The number of sulfonamides is 1. The Morgan fingerprint density at radius 1 is 0.933 bits per heavy atom. The van der Waals surface area contributed by atoms with Gasteiger partial charge in [-0.3, -0.25) is 4.72 Å². The summed E-state index contributed by atoms with van der Waals surface area (Å²) in [6, 6.07) is 20.0.